The fourth-order valence-corrected chi connectivity index (χ4v) is 1.84. The number of hydrogen-bond acceptors (Lipinski definition) is 4. The Kier molecular flexibility index (Phi) is 5.25. The van der Waals surface area contributed by atoms with Crippen molar-refractivity contribution < 1.29 is 9.90 Å². The molecule has 0 bridgehead atoms. The number of aryl methyl sites for hydroxylation is 1. The predicted octanol–water partition coefficient (Wildman–Crippen LogP) is 1.55. The second-order valence-electron chi connectivity index (χ2n) is 4.53. The van der Waals surface area contributed by atoms with E-state index >= 15 is 0 Å². The number of nitrogens with zero attached hydrogens (tertiary/aromatic N) is 3. The Morgan fingerprint density at radius 2 is 2.25 bits per heavy atom. The summed E-state index contributed by atoms with van der Waals surface area (Å²) in [5.74, 6) is -0.948. The molecule has 0 aliphatic carbocycles. The lowest BCUT2D eigenvalue weighted by molar-refractivity contribution is 0.0696. The predicted molar refractivity (Wildman–Crippen MR) is 74.4 cm³/mol. The monoisotopic (exact) mass is 274 g/mol. The van der Waals surface area contributed by atoms with E-state index in [0.29, 0.717) is 6.54 Å². The lowest BCUT2D eigenvalue weighted by Crippen LogP contribution is -2.16. The van der Waals surface area contributed by atoms with E-state index in [4.69, 9.17) is 5.11 Å². The van der Waals surface area contributed by atoms with Gasteiger partial charge in [0.25, 0.3) is 0 Å². The number of hydrogen-bond donors (Lipinski definition) is 2. The Hall–Kier alpha value is -2.21. The van der Waals surface area contributed by atoms with Gasteiger partial charge in [0.05, 0.1) is 17.6 Å². The van der Waals surface area contributed by atoms with Crippen LogP contribution in [-0.2, 0) is 13.1 Å². The highest BCUT2D eigenvalue weighted by atomic mass is 16.4. The second kappa shape index (κ2) is 7.40. The molecule has 0 aliphatic heterocycles. The molecule has 0 unspecified atom stereocenters. The molecular formula is C14H18N4O2. The van der Waals surface area contributed by atoms with Crippen LogP contribution in [0.25, 0.3) is 0 Å². The smallest absolute Gasteiger partial charge is 0.337 e. The first-order chi connectivity index (χ1) is 9.75. The van der Waals surface area contributed by atoms with E-state index in [1.54, 1.807) is 18.3 Å². The zero-order valence-corrected chi connectivity index (χ0v) is 11.2. The van der Waals surface area contributed by atoms with Crippen LogP contribution in [0.4, 0.5) is 0 Å². The number of carbonyl (C=O) groups is 1. The number of imidazole rings is 1. The minimum Gasteiger partial charge on any atom is -0.478 e. The van der Waals surface area contributed by atoms with Crippen molar-refractivity contribution in [1.29, 1.82) is 0 Å². The van der Waals surface area contributed by atoms with Crippen LogP contribution in [0.3, 0.4) is 0 Å². The molecule has 2 N–H and O–H groups in total. The van der Waals surface area contributed by atoms with Crippen LogP contribution in [-0.4, -0.2) is 32.2 Å². The summed E-state index contributed by atoms with van der Waals surface area (Å²) in [7, 11) is 0. The lowest BCUT2D eigenvalue weighted by Gasteiger charge is -2.05. The van der Waals surface area contributed by atoms with Gasteiger partial charge in [-0.2, -0.15) is 0 Å². The van der Waals surface area contributed by atoms with Crippen LogP contribution in [0, 0.1) is 0 Å². The fourth-order valence-electron chi connectivity index (χ4n) is 1.84. The number of carboxylic acid groups (broad SMARTS) is 1. The number of aromatic nitrogens is 3. The van der Waals surface area contributed by atoms with Crippen LogP contribution in [0.5, 0.6) is 0 Å². The SMILES string of the molecule is O=C(O)c1ccc(CNCCCCn2ccnc2)nc1. The molecule has 2 heterocycles. The number of rotatable bonds is 8. The zero-order chi connectivity index (χ0) is 14.2. The third kappa shape index (κ3) is 4.47. The minimum absolute atomic E-state index is 0.217. The molecule has 0 spiro atoms. The minimum atomic E-state index is -0.948. The molecule has 0 saturated heterocycles. The van der Waals surface area contributed by atoms with Gasteiger partial charge in [-0.1, -0.05) is 0 Å². The maximum atomic E-state index is 10.7. The van der Waals surface area contributed by atoms with Gasteiger partial charge in [0.1, 0.15) is 0 Å². The molecule has 6 heteroatoms. The summed E-state index contributed by atoms with van der Waals surface area (Å²) in [5.41, 5.74) is 1.07. The van der Waals surface area contributed by atoms with Crippen molar-refractivity contribution in [3.05, 3.63) is 48.3 Å². The Balaban J connectivity index is 1.59. The third-order valence-electron chi connectivity index (χ3n) is 2.96. The van der Waals surface area contributed by atoms with Gasteiger partial charge in [-0.15, -0.1) is 0 Å². The maximum Gasteiger partial charge on any atom is 0.337 e. The Bertz CT molecular complexity index is 523. The van der Waals surface area contributed by atoms with Crippen molar-refractivity contribution in [3.8, 4) is 0 Å². The fraction of sp³-hybridized carbons (Fsp3) is 0.357. The molecule has 2 aromatic rings. The molecule has 0 aliphatic rings. The van der Waals surface area contributed by atoms with Gasteiger partial charge in [-0.05, 0) is 31.5 Å². The highest BCUT2D eigenvalue weighted by Crippen LogP contribution is 2.00. The number of unbranched alkanes of at least 4 members (excludes halogenated alkanes) is 1. The zero-order valence-electron chi connectivity index (χ0n) is 11.2. The molecule has 2 rings (SSSR count). The second-order valence-corrected chi connectivity index (χ2v) is 4.53. The maximum absolute atomic E-state index is 10.7. The van der Waals surface area contributed by atoms with Gasteiger partial charge < -0.3 is 15.0 Å². The summed E-state index contributed by atoms with van der Waals surface area (Å²) >= 11 is 0. The van der Waals surface area contributed by atoms with Crippen molar-refractivity contribution in [1.82, 2.24) is 19.9 Å². The summed E-state index contributed by atoms with van der Waals surface area (Å²) in [4.78, 5) is 18.8. The number of nitrogens with one attached hydrogen (secondary N) is 1. The molecule has 0 amide bonds. The van der Waals surface area contributed by atoms with Crippen molar-refractivity contribution in [2.24, 2.45) is 0 Å². The van der Waals surface area contributed by atoms with Crippen molar-refractivity contribution in [3.63, 3.8) is 0 Å². The van der Waals surface area contributed by atoms with Gasteiger partial charge >= 0.3 is 5.97 Å². The van der Waals surface area contributed by atoms with Crippen LogP contribution in [0.1, 0.15) is 28.9 Å². The first kappa shape index (κ1) is 14.2. The molecule has 0 aromatic carbocycles. The van der Waals surface area contributed by atoms with E-state index in [2.05, 4.69) is 19.9 Å². The number of aromatic carboxylic acids is 1. The van der Waals surface area contributed by atoms with Crippen molar-refractivity contribution >= 4 is 5.97 Å². The largest absolute Gasteiger partial charge is 0.478 e. The summed E-state index contributed by atoms with van der Waals surface area (Å²) in [5, 5.41) is 12.1. The first-order valence-electron chi connectivity index (χ1n) is 6.60. The topological polar surface area (TPSA) is 80.0 Å². The van der Waals surface area contributed by atoms with Gasteiger partial charge in [0, 0.05) is 31.7 Å². The van der Waals surface area contributed by atoms with E-state index in [1.165, 1.54) is 6.20 Å². The van der Waals surface area contributed by atoms with E-state index in [-0.39, 0.29) is 5.56 Å². The Morgan fingerprint density at radius 3 is 2.90 bits per heavy atom. The highest BCUT2D eigenvalue weighted by molar-refractivity contribution is 5.87. The molecule has 0 radical (unpaired) electrons. The van der Waals surface area contributed by atoms with Crippen LogP contribution in [0.2, 0.25) is 0 Å². The van der Waals surface area contributed by atoms with Crippen LogP contribution < -0.4 is 5.32 Å². The molecule has 106 valence electrons. The standard InChI is InChI=1S/C14H18N4O2/c19-14(20)12-3-4-13(17-9-12)10-15-5-1-2-7-18-8-6-16-11-18/h3-4,6,8-9,11,15H,1-2,5,7,10H2,(H,19,20). The molecule has 0 atom stereocenters. The summed E-state index contributed by atoms with van der Waals surface area (Å²) < 4.78 is 2.06. The third-order valence-corrected chi connectivity index (χ3v) is 2.96. The summed E-state index contributed by atoms with van der Waals surface area (Å²) in [6.45, 7) is 2.55. The Labute approximate surface area is 117 Å². The van der Waals surface area contributed by atoms with E-state index < -0.39 is 5.97 Å². The summed E-state index contributed by atoms with van der Waals surface area (Å²) in [6, 6.07) is 3.31. The molecule has 2 aromatic heterocycles. The van der Waals surface area contributed by atoms with E-state index in [0.717, 1.165) is 31.6 Å². The average Bonchev–Trinajstić information content (AvgIpc) is 2.96. The molecule has 6 nitrogen and oxygen atoms in total. The van der Waals surface area contributed by atoms with Gasteiger partial charge in [-0.3, -0.25) is 4.98 Å². The highest BCUT2D eigenvalue weighted by Gasteiger charge is 2.02. The molecular weight excluding hydrogens is 256 g/mol. The quantitative estimate of drug-likeness (QED) is 0.714. The molecule has 0 saturated carbocycles. The molecule has 20 heavy (non-hydrogen) atoms. The number of carboxylic acids is 1. The van der Waals surface area contributed by atoms with Gasteiger partial charge in [0.2, 0.25) is 0 Å². The first-order valence-corrected chi connectivity index (χ1v) is 6.60. The van der Waals surface area contributed by atoms with E-state index in [1.807, 2.05) is 12.5 Å². The van der Waals surface area contributed by atoms with E-state index in [9.17, 15) is 4.79 Å². The Morgan fingerprint density at radius 1 is 1.35 bits per heavy atom. The normalized spacial score (nSPS) is 10.6. The van der Waals surface area contributed by atoms with Crippen molar-refractivity contribution in [2.45, 2.75) is 25.9 Å². The average molecular weight is 274 g/mol. The summed E-state index contributed by atoms with van der Waals surface area (Å²) in [6.07, 6.45) is 9.12. The van der Waals surface area contributed by atoms with Crippen molar-refractivity contribution in [2.75, 3.05) is 6.54 Å². The lowest BCUT2D eigenvalue weighted by atomic mass is 10.2. The van der Waals surface area contributed by atoms with Gasteiger partial charge in [-0.25, -0.2) is 9.78 Å². The van der Waals surface area contributed by atoms with Crippen LogP contribution >= 0.6 is 0 Å². The van der Waals surface area contributed by atoms with Gasteiger partial charge in [0.15, 0.2) is 0 Å². The van der Waals surface area contributed by atoms with Crippen LogP contribution in [0.15, 0.2) is 37.1 Å². The molecule has 0 fully saturated rings. The number of pyridine rings is 1.